The van der Waals surface area contributed by atoms with Crippen LogP contribution < -0.4 is 10.1 Å². The summed E-state index contributed by atoms with van der Waals surface area (Å²) in [7, 11) is 1.62. The standard InChI is InChI=1S/C26H36N2O3/c1-6-8-12-27-26(30)24(7-2)28(18-21-10-9-11-23(16-21)31-5)25(29)17-22-14-19(3)13-20(4)15-22/h9-11,13-16,24H,6-8,12,17-18H2,1-5H3,(H,27,30)/t24-/m1/s1. The van der Waals surface area contributed by atoms with Crippen LogP contribution in [0.2, 0.25) is 0 Å². The molecular weight excluding hydrogens is 388 g/mol. The summed E-state index contributed by atoms with van der Waals surface area (Å²) in [5.74, 6) is 0.595. The molecule has 0 fully saturated rings. The second-order valence-corrected chi connectivity index (χ2v) is 8.11. The number of ether oxygens (including phenoxy) is 1. The summed E-state index contributed by atoms with van der Waals surface area (Å²) in [5, 5.41) is 3.00. The summed E-state index contributed by atoms with van der Waals surface area (Å²) in [6.07, 6.45) is 2.76. The van der Waals surface area contributed by atoms with Crippen LogP contribution in [0.1, 0.15) is 55.4 Å². The molecule has 168 valence electrons. The van der Waals surface area contributed by atoms with Crippen LogP contribution in [0.4, 0.5) is 0 Å². The lowest BCUT2D eigenvalue weighted by atomic mass is 10.0. The lowest BCUT2D eigenvalue weighted by Crippen LogP contribution is -2.49. The molecule has 2 amide bonds. The van der Waals surface area contributed by atoms with Crippen molar-refractivity contribution in [2.75, 3.05) is 13.7 Å². The van der Waals surface area contributed by atoms with Gasteiger partial charge in [-0.1, -0.05) is 61.7 Å². The third-order valence-electron chi connectivity index (χ3n) is 5.34. The molecule has 0 bridgehead atoms. The summed E-state index contributed by atoms with van der Waals surface area (Å²) in [6, 6.07) is 13.3. The number of hydrogen-bond acceptors (Lipinski definition) is 3. The fraction of sp³-hybridized carbons (Fsp3) is 0.462. The molecule has 0 radical (unpaired) electrons. The minimum atomic E-state index is -0.513. The van der Waals surface area contributed by atoms with Gasteiger partial charge in [0.2, 0.25) is 11.8 Å². The Morgan fingerprint density at radius 3 is 2.35 bits per heavy atom. The molecule has 2 aromatic carbocycles. The van der Waals surface area contributed by atoms with Crippen molar-refractivity contribution in [3.05, 3.63) is 64.7 Å². The quantitative estimate of drug-likeness (QED) is 0.537. The summed E-state index contributed by atoms with van der Waals surface area (Å²) in [6.45, 7) is 9.10. The monoisotopic (exact) mass is 424 g/mol. The molecule has 0 aliphatic carbocycles. The van der Waals surface area contributed by atoms with Gasteiger partial charge in [-0.3, -0.25) is 9.59 Å². The van der Waals surface area contributed by atoms with Crippen LogP contribution >= 0.6 is 0 Å². The van der Waals surface area contributed by atoms with E-state index < -0.39 is 6.04 Å². The molecule has 1 atom stereocenters. The third-order valence-corrected chi connectivity index (χ3v) is 5.34. The highest BCUT2D eigenvalue weighted by Crippen LogP contribution is 2.19. The van der Waals surface area contributed by atoms with Crippen molar-refractivity contribution in [1.29, 1.82) is 0 Å². The molecule has 0 aliphatic rings. The second-order valence-electron chi connectivity index (χ2n) is 8.11. The second kappa shape index (κ2) is 12.1. The Morgan fingerprint density at radius 2 is 1.74 bits per heavy atom. The number of amides is 2. The largest absolute Gasteiger partial charge is 0.497 e. The van der Waals surface area contributed by atoms with Crippen molar-refractivity contribution in [2.24, 2.45) is 0 Å². The zero-order chi connectivity index (χ0) is 22.8. The minimum absolute atomic E-state index is 0.0506. The lowest BCUT2D eigenvalue weighted by Gasteiger charge is -2.31. The number of methoxy groups -OCH3 is 1. The maximum atomic E-state index is 13.4. The molecule has 5 heteroatoms. The zero-order valence-electron chi connectivity index (χ0n) is 19.5. The van der Waals surface area contributed by atoms with E-state index in [2.05, 4.69) is 18.3 Å². The van der Waals surface area contributed by atoms with Crippen molar-refractivity contribution < 1.29 is 14.3 Å². The van der Waals surface area contributed by atoms with Gasteiger partial charge >= 0.3 is 0 Å². The molecular formula is C26H36N2O3. The topological polar surface area (TPSA) is 58.6 Å². The Hall–Kier alpha value is -2.82. The molecule has 2 rings (SSSR count). The van der Waals surface area contributed by atoms with E-state index in [-0.39, 0.29) is 18.2 Å². The highest BCUT2D eigenvalue weighted by Gasteiger charge is 2.28. The fourth-order valence-electron chi connectivity index (χ4n) is 3.84. The van der Waals surface area contributed by atoms with Crippen molar-refractivity contribution in [3.8, 4) is 5.75 Å². The predicted octanol–water partition coefficient (Wildman–Crippen LogP) is 4.58. The van der Waals surface area contributed by atoms with E-state index in [9.17, 15) is 9.59 Å². The first-order valence-electron chi connectivity index (χ1n) is 11.1. The normalized spacial score (nSPS) is 11.6. The van der Waals surface area contributed by atoms with Gasteiger partial charge in [-0.15, -0.1) is 0 Å². The van der Waals surface area contributed by atoms with Gasteiger partial charge < -0.3 is 15.0 Å². The van der Waals surface area contributed by atoms with E-state index in [1.54, 1.807) is 12.0 Å². The summed E-state index contributed by atoms with van der Waals surface area (Å²) >= 11 is 0. The van der Waals surface area contributed by atoms with E-state index in [0.29, 0.717) is 19.5 Å². The van der Waals surface area contributed by atoms with Crippen molar-refractivity contribution in [1.82, 2.24) is 10.2 Å². The maximum absolute atomic E-state index is 13.4. The molecule has 0 spiro atoms. The van der Waals surface area contributed by atoms with Crippen LogP contribution in [0.15, 0.2) is 42.5 Å². The average molecular weight is 425 g/mol. The number of nitrogens with one attached hydrogen (secondary N) is 1. The zero-order valence-corrected chi connectivity index (χ0v) is 19.5. The minimum Gasteiger partial charge on any atom is -0.497 e. The van der Waals surface area contributed by atoms with Crippen LogP contribution in [0.5, 0.6) is 5.75 Å². The average Bonchev–Trinajstić information content (AvgIpc) is 2.73. The number of carbonyl (C=O) groups excluding carboxylic acids is 2. The van der Waals surface area contributed by atoms with Crippen molar-refractivity contribution in [3.63, 3.8) is 0 Å². The third kappa shape index (κ3) is 7.42. The van der Waals surface area contributed by atoms with E-state index in [4.69, 9.17) is 4.74 Å². The molecule has 31 heavy (non-hydrogen) atoms. The van der Waals surface area contributed by atoms with Crippen molar-refractivity contribution >= 4 is 11.8 Å². The van der Waals surface area contributed by atoms with Gasteiger partial charge in [0.1, 0.15) is 11.8 Å². The maximum Gasteiger partial charge on any atom is 0.242 e. The lowest BCUT2D eigenvalue weighted by molar-refractivity contribution is -0.140. The first-order chi connectivity index (χ1) is 14.9. The van der Waals surface area contributed by atoms with Gasteiger partial charge in [0.15, 0.2) is 0 Å². The van der Waals surface area contributed by atoms with E-state index in [1.165, 1.54) is 0 Å². The first-order valence-corrected chi connectivity index (χ1v) is 11.1. The fourth-order valence-corrected chi connectivity index (χ4v) is 3.84. The molecule has 0 aliphatic heterocycles. The van der Waals surface area contributed by atoms with Gasteiger partial charge in [-0.2, -0.15) is 0 Å². The molecule has 0 aromatic heterocycles. The van der Waals surface area contributed by atoms with E-state index >= 15 is 0 Å². The predicted molar refractivity (Wildman–Crippen MR) is 125 cm³/mol. The molecule has 0 unspecified atom stereocenters. The molecule has 5 nitrogen and oxygen atoms in total. The van der Waals surface area contributed by atoms with Crippen LogP contribution in [-0.2, 0) is 22.6 Å². The number of benzene rings is 2. The Labute approximate surface area is 186 Å². The summed E-state index contributed by atoms with van der Waals surface area (Å²) in [5.41, 5.74) is 4.17. The number of carbonyl (C=O) groups is 2. The molecule has 0 saturated heterocycles. The Morgan fingerprint density at radius 1 is 1.03 bits per heavy atom. The Kier molecular flexibility index (Phi) is 9.57. The molecule has 0 saturated carbocycles. The van der Waals surface area contributed by atoms with Gasteiger partial charge in [-0.25, -0.2) is 0 Å². The van der Waals surface area contributed by atoms with E-state index in [0.717, 1.165) is 40.8 Å². The SMILES string of the molecule is CCCCNC(=O)[C@@H](CC)N(Cc1cccc(OC)c1)C(=O)Cc1cc(C)cc(C)c1. The van der Waals surface area contributed by atoms with Crippen LogP contribution in [0, 0.1) is 13.8 Å². The molecule has 0 heterocycles. The summed E-state index contributed by atoms with van der Waals surface area (Å²) < 4.78 is 5.34. The van der Waals surface area contributed by atoms with Crippen LogP contribution in [-0.4, -0.2) is 36.4 Å². The van der Waals surface area contributed by atoms with Gasteiger partial charge in [0.05, 0.1) is 13.5 Å². The first kappa shape index (κ1) is 24.4. The Balaban J connectivity index is 2.30. The number of rotatable bonds is 11. The Bertz CT molecular complexity index is 858. The van der Waals surface area contributed by atoms with Gasteiger partial charge in [0.25, 0.3) is 0 Å². The summed E-state index contributed by atoms with van der Waals surface area (Å²) in [4.78, 5) is 28.1. The van der Waals surface area contributed by atoms with Gasteiger partial charge in [-0.05, 0) is 49.9 Å². The highest BCUT2D eigenvalue weighted by molar-refractivity contribution is 5.88. The van der Waals surface area contributed by atoms with E-state index in [1.807, 2.05) is 57.2 Å². The van der Waals surface area contributed by atoms with Gasteiger partial charge in [0, 0.05) is 13.1 Å². The molecule has 2 aromatic rings. The van der Waals surface area contributed by atoms with Crippen LogP contribution in [0.25, 0.3) is 0 Å². The number of aryl methyl sites for hydroxylation is 2. The number of hydrogen-bond donors (Lipinski definition) is 1. The molecule has 1 N–H and O–H groups in total. The van der Waals surface area contributed by atoms with Crippen molar-refractivity contribution in [2.45, 2.75) is 66.0 Å². The van der Waals surface area contributed by atoms with Crippen LogP contribution in [0.3, 0.4) is 0 Å². The number of unbranched alkanes of at least 4 members (excludes halogenated alkanes) is 1. The highest BCUT2D eigenvalue weighted by atomic mass is 16.5. The smallest absolute Gasteiger partial charge is 0.242 e. The number of nitrogens with zero attached hydrogens (tertiary/aromatic N) is 1.